The molecule has 1 aliphatic carbocycles. The van der Waals surface area contributed by atoms with Crippen LogP contribution in [0.5, 0.6) is 0 Å². The highest BCUT2D eigenvalue weighted by Gasteiger charge is 2.25. The lowest BCUT2D eigenvalue weighted by Crippen LogP contribution is -2.48. The molecule has 162 valence electrons. The number of halogens is 2. The number of hydrogen-bond acceptors (Lipinski definition) is 5. The van der Waals surface area contributed by atoms with Crippen molar-refractivity contribution in [2.75, 3.05) is 26.2 Å². The molecule has 1 aromatic carbocycles. The lowest BCUT2D eigenvalue weighted by atomic mass is 9.97. The molecular formula is C22H22ClFN4O2S. The van der Waals surface area contributed by atoms with Gasteiger partial charge in [0.2, 0.25) is 0 Å². The molecule has 5 rings (SSSR count). The molecule has 0 radical (unpaired) electrons. The quantitative estimate of drug-likeness (QED) is 0.648. The van der Waals surface area contributed by atoms with Gasteiger partial charge in [0.25, 0.3) is 11.5 Å². The number of nitrogens with one attached hydrogen (secondary N) is 1. The molecule has 2 aliphatic rings. The summed E-state index contributed by atoms with van der Waals surface area (Å²) in [7, 11) is 0. The molecule has 0 saturated carbocycles. The van der Waals surface area contributed by atoms with Crippen molar-refractivity contribution in [2.45, 2.75) is 32.2 Å². The zero-order chi connectivity index (χ0) is 21.5. The SMILES string of the molecule is O=C(c1ccc(F)cc1Cl)N1CCN(Cc2nc3sc4c(c3c(=O)[nH]2)CCCC4)CC1. The molecule has 1 fully saturated rings. The molecular weight excluding hydrogens is 439 g/mol. The third-order valence-corrected chi connectivity index (χ3v) is 7.57. The number of nitrogens with zero attached hydrogens (tertiary/aromatic N) is 3. The second-order valence-corrected chi connectivity index (χ2v) is 9.59. The Morgan fingerprint density at radius 2 is 1.97 bits per heavy atom. The van der Waals surface area contributed by atoms with E-state index in [2.05, 4.69) is 9.88 Å². The van der Waals surface area contributed by atoms with Gasteiger partial charge in [-0.05, 0) is 49.4 Å². The number of aromatic amines is 1. The molecule has 3 heterocycles. The van der Waals surface area contributed by atoms with E-state index in [1.54, 1.807) is 16.2 Å². The van der Waals surface area contributed by atoms with Crippen LogP contribution < -0.4 is 5.56 Å². The number of benzene rings is 1. The third-order valence-electron chi connectivity index (χ3n) is 6.07. The number of piperazine rings is 1. The summed E-state index contributed by atoms with van der Waals surface area (Å²) >= 11 is 7.69. The first-order valence-corrected chi connectivity index (χ1v) is 11.7. The minimum absolute atomic E-state index is 0.0424. The van der Waals surface area contributed by atoms with E-state index in [0.29, 0.717) is 44.1 Å². The Hall–Kier alpha value is -2.29. The van der Waals surface area contributed by atoms with Crippen molar-refractivity contribution in [1.29, 1.82) is 0 Å². The third kappa shape index (κ3) is 4.00. The number of thiophene rings is 1. The van der Waals surface area contributed by atoms with Crippen molar-refractivity contribution in [3.05, 3.63) is 61.2 Å². The fourth-order valence-corrected chi connectivity index (χ4v) is 5.97. The van der Waals surface area contributed by atoms with Crippen LogP contribution in [0.2, 0.25) is 5.02 Å². The van der Waals surface area contributed by atoms with E-state index in [9.17, 15) is 14.0 Å². The number of hydrogen-bond donors (Lipinski definition) is 1. The topological polar surface area (TPSA) is 69.3 Å². The first-order valence-electron chi connectivity index (χ1n) is 10.5. The van der Waals surface area contributed by atoms with Crippen LogP contribution in [0.15, 0.2) is 23.0 Å². The van der Waals surface area contributed by atoms with Gasteiger partial charge in [-0.1, -0.05) is 11.6 Å². The number of aromatic nitrogens is 2. The van der Waals surface area contributed by atoms with Crippen molar-refractivity contribution in [3.63, 3.8) is 0 Å². The molecule has 0 spiro atoms. The molecule has 1 saturated heterocycles. The molecule has 6 nitrogen and oxygen atoms in total. The summed E-state index contributed by atoms with van der Waals surface area (Å²) in [6, 6.07) is 3.83. The second kappa shape index (κ2) is 8.33. The molecule has 0 atom stereocenters. The predicted octanol–water partition coefficient (Wildman–Crippen LogP) is 3.61. The van der Waals surface area contributed by atoms with E-state index in [-0.39, 0.29) is 16.5 Å². The highest BCUT2D eigenvalue weighted by molar-refractivity contribution is 7.18. The van der Waals surface area contributed by atoms with Crippen LogP contribution in [0.25, 0.3) is 10.2 Å². The highest BCUT2D eigenvalue weighted by atomic mass is 35.5. The van der Waals surface area contributed by atoms with Gasteiger partial charge >= 0.3 is 0 Å². The maximum absolute atomic E-state index is 13.3. The zero-order valence-corrected chi connectivity index (χ0v) is 18.5. The monoisotopic (exact) mass is 460 g/mol. The van der Waals surface area contributed by atoms with Gasteiger partial charge in [-0.2, -0.15) is 0 Å². The minimum atomic E-state index is -0.462. The molecule has 0 bridgehead atoms. The molecule has 1 aliphatic heterocycles. The minimum Gasteiger partial charge on any atom is -0.336 e. The summed E-state index contributed by atoms with van der Waals surface area (Å²) < 4.78 is 13.3. The Bertz CT molecular complexity index is 1220. The van der Waals surface area contributed by atoms with Crippen LogP contribution in [-0.4, -0.2) is 51.9 Å². The summed E-state index contributed by atoms with van der Waals surface area (Å²) in [5.41, 5.74) is 1.46. The molecule has 1 N–H and O–H groups in total. The van der Waals surface area contributed by atoms with Crippen molar-refractivity contribution >= 4 is 39.1 Å². The Morgan fingerprint density at radius 1 is 1.19 bits per heavy atom. The molecule has 2 aromatic heterocycles. The summed E-state index contributed by atoms with van der Waals surface area (Å²) in [5.74, 6) is 0.00986. The van der Waals surface area contributed by atoms with Crippen LogP contribution >= 0.6 is 22.9 Å². The van der Waals surface area contributed by atoms with Crippen LogP contribution in [0, 0.1) is 5.82 Å². The normalized spacial score (nSPS) is 17.2. The van der Waals surface area contributed by atoms with E-state index in [0.717, 1.165) is 35.5 Å². The van der Waals surface area contributed by atoms with E-state index >= 15 is 0 Å². The summed E-state index contributed by atoms with van der Waals surface area (Å²) in [6.07, 6.45) is 4.32. The number of fused-ring (bicyclic) bond motifs is 3. The van der Waals surface area contributed by atoms with E-state index < -0.39 is 5.82 Å². The number of rotatable bonds is 3. The molecule has 31 heavy (non-hydrogen) atoms. The lowest BCUT2D eigenvalue weighted by molar-refractivity contribution is 0.0625. The second-order valence-electron chi connectivity index (χ2n) is 8.10. The van der Waals surface area contributed by atoms with Crippen molar-refractivity contribution in [3.8, 4) is 0 Å². The van der Waals surface area contributed by atoms with Gasteiger partial charge in [-0.25, -0.2) is 9.37 Å². The number of amides is 1. The Kier molecular flexibility index (Phi) is 5.54. The van der Waals surface area contributed by atoms with Gasteiger partial charge in [0, 0.05) is 31.1 Å². The van der Waals surface area contributed by atoms with Gasteiger partial charge in [0.1, 0.15) is 16.5 Å². The standard InChI is InChI=1S/C22H22ClFN4O2S/c23-16-11-13(24)5-6-14(16)22(30)28-9-7-27(8-10-28)12-18-25-20(29)19-15-3-1-2-4-17(15)31-21(19)26-18/h5-6,11H,1-4,7-10,12H2,(H,25,26,29). The number of carbonyl (C=O) groups excluding carboxylic acids is 1. The van der Waals surface area contributed by atoms with Crippen molar-refractivity contribution < 1.29 is 9.18 Å². The van der Waals surface area contributed by atoms with Gasteiger partial charge in [-0.15, -0.1) is 11.3 Å². The summed E-state index contributed by atoms with van der Waals surface area (Å²) in [6.45, 7) is 2.92. The first kappa shape index (κ1) is 20.6. The van der Waals surface area contributed by atoms with Gasteiger partial charge in [0.05, 0.1) is 22.5 Å². The Labute approximate surface area is 187 Å². The first-order chi connectivity index (χ1) is 15.0. The lowest BCUT2D eigenvalue weighted by Gasteiger charge is -2.34. The average Bonchev–Trinajstić information content (AvgIpc) is 3.12. The molecule has 3 aromatic rings. The smallest absolute Gasteiger partial charge is 0.259 e. The van der Waals surface area contributed by atoms with Gasteiger partial charge in [-0.3, -0.25) is 14.5 Å². The van der Waals surface area contributed by atoms with Gasteiger partial charge < -0.3 is 9.88 Å². The Balaban J connectivity index is 1.27. The summed E-state index contributed by atoms with van der Waals surface area (Å²) in [5, 5.41) is 0.899. The summed E-state index contributed by atoms with van der Waals surface area (Å²) in [4.78, 5) is 39.2. The van der Waals surface area contributed by atoms with E-state index in [1.165, 1.54) is 29.0 Å². The maximum Gasteiger partial charge on any atom is 0.259 e. The fourth-order valence-electron chi connectivity index (χ4n) is 4.44. The predicted molar refractivity (Wildman–Crippen MR) is 119 cm³/mol. The van der Waals surface area contributed by atoms with Gasteiger partial charge in [0.15, 0.2) is 0 Å². The van der Waals surface area contributed by atoms with Crippen molar-refractivity contribution in [1.82, 2.24) is 19.8 Å². The molecule has 0 unspecified atom stereocenters. The fraction of sp³-hybridized carbons (Fsp3) is 0.409. The van der Waals surface area contributed by atoms with Crippen LogP contribution in [0.1, 0.15) is 39.5 Å². The number of carbonyl (C=O) groups is 1. The molecule has 1 amide bonds. The molecule has 9 heteroatoms. The Morgan fingerprint density at radius 3 is 2.74 bits per heavy atom. The number of H-pyrrole nitrogens is 1. The van der Waals surface area contributed by atoms with Crippen LogP contribution in [0.4, 0.5) is 4.39 Å². The zero-order valence-electron chi connectivity index (χ0n) is 16.9. The highest BCUT2D eigenvalue weighted by Crippen LogP contribution is 2.33. The van der Waals surface area contributed by atoms with Crippen LogP contribution in [-0.2, 0) is 19.4 Å². The van der Waals surface area contributed by atoms with E-state index in [4.69, 9.17) is 16.6 Å². The maximum atomic E-state index is 13.3. The van der Waals surface area contributed by atoms with Crippen LogP contribution in [0.3, 0.4) is 0 Å². The average molecular weight is 461 g/mol. The van der Waals surface area contributed by atoms with Crippen molar-refractivity contribution in [2.24, 2.45) is 0 Å². The number of aryl methyl sites for hydroxylation is 2. The largest absolute Gasteiger partial charge is 0.336 e. The van der Waals surface area contributed by atoms with E-state index in [1.807, 2.05) is 0 Å².